The summed E-state index contributed by atoms with van der Waals surface area (Å²) in [7, 11) is -2.77. The summed E-state index contributed by atoms with van der Waals surface area (Å²) in [5, 5.41) is 12.8. The molecule has 0 spiro atoms. The first kappa shape index (κ1) is 15.3. The Bertz CT molecular complexity index is 511. The first-order valence-corrected chi connectivity index (χ1v) is 9.01. The van der Waals surface area contributed by atoms with Crippen molar-refractivity contribution < 1.29 is 13.5 Å². The van der Waals surface area contributed by atoms with E-state index in [-0.39, 0.29) is 0 Å². The van der Waals surface area contributed by atoms with Gasteiger partial charge in [-0.2, -0.15) is 0 Å². The standard InChI is InChI=1S/C15H23NO3S/c1-12(2-3-13-4-6-15(17)7-5-13)16-14-8-10-20(18,19)11-9-14/h4-7,12,14,16-17H,2-3,8-11H2,1H3. The Kier molecular flexibility index (Phi) is 5.05. The molecule has 1 aromatic carbocycles. The van der Waals surface area contributed by atoms with Crippen molar-refractivity contribution in [3.05, 3.63) is 29.8 Å². The zero-order valence-electron chi connectivity index (χ0n) is 11.9. The minimum Gasteiger partial charge on any atom is -0.508 e. The van der Waals surface area contributed by atoms with Crippen molar-refractivity contribution in [2.75, 3.05) is 11.5 Å². The molecule has 5 heteroatoms. The third-order valence-electron chi connectivity index (χ3n) is 3.88. The molecule has 1 aromatic rings. The number of aryl methyl sites for hydroxylation is 1. The molecule has 20 heavy (non-hydrogen) atoms. The first-order valence-electron chi connectivity index (χ1n) is 7.19. The first-order chi connectivity index (χ1) is 9.44. The van der Waals surface area contributed by atoms with Crippen LogP contribution in [0.3, 0.4) is 0 Å². The van der Waals surface area contributed by atoms with Crippen LogP contribution in [0.15, 0.2) is 24.3 Å². The Morgan fingerprint density at radius 2 is 1.85 bits per heavy atom. The summed E-state index contributed by atoms with van der Waals surface area (Å²) >= 11 is 0. The van der Waals surface area contributed by atoms with E-state index < -0.39 is 9.84 Å². The van der Waals surface area contributed by atoms with Crippen LogP contribution in [-0.2, 0) is 16.3 Å². The van der Waals surface area contributed by atoms with Crippen molar-refractivity contribution in [1.29, 1.82) is 0 Å². The van der Waals surface area contributed by atoms with Crippen LogP contribution in [0.25, 0.3) is 0 Å². The molecule has 0 aromatic heterocycles. The molecule has 1 saturated heterocycles. The number of sulfone groups is 1. The van der Waals surface area contributed by atoms with E-state index in [4.69, 9.17) is 0 Å². The van der Waals surface area contributed by atoms with Gasteiger partial charge in [0.05, 0.1) is 11.5 Å². The SMILES string of the molecule is CC(CCc1ccc(O)cc1)NC1CCS(=O)(=O)CC1. The Morgan fingerprint density at radius 1 is 1.25 bits per heavy atom. The monoisotopic (exact) mass is 297 g/mol. The lowest BCUT2D eigenvalue weighted by atomic mass is 10.0. The third kappa shape index (κ3) is 4.80. The summed E-state index contributed by atoms with van der Waals surface area (Å²) in [4.78, 5) is 0. The average molecular weight is 297 g/mol. The predicted molar refractivity (Wildman–Crippen MR) is 80.7 cm³/mol. The maximum Gasteiger partial charge on any atom is 0.150 e. The highest BCUT2D eigenvalue weighted by Gasteiger charge is 2.24. The molecule has 1 aliphatic rings. The normalized spacial score (nSPS) is 20.6. The van der Waals surface area contributed by atoms with Crippen LogP contribution in [0.4, 0.5) is 0 Å². The predicted octanol–water partition coefficient (Wildman–Crippen LogP) is 1.88. The van der Waals surface area contributed by atoms with Crippen LogP contribution < -0.4 is 5.32 Å². The van der Waals surface area contributed by atoms with Gasteiger partial charge in [-0.3, -0.25) is 0 Å². The van der Waals surface area contributed by atoms with E-state index >= 15 is 0 Å². The third-order valence-corrected chi connectivity index (χ3v) is 5.59. The Morgan fingerprint density at radius 3 is 2.45 bits per heavy atom. The van der Waals surface area contributed by atoms with Gasteiger partial charge in [0, 0.05) is 12.1 Å². The Hall–Kier alpha value is -1.07. The van der Waals surface area contributed by atoms with Crippen LogP contribution in [0, 0.1) is 0 Å². The number of benzene rings is 1. The fourth-order valence-electron chi connectivity index (χ4n) is 2.59. The molecule has 1 atom stereocenters. The van der Waals surface area contributed by atoms with Crippen LogP contribution >= 0.6 is 0 Å². The molecular weight excluding hydrogens is 274 g/mol. The van der Waals surface area contributed by atoms with Gasteiger partial charge in [-0.25, -0.2) is 8.42 Å². The van der Waals surface area contributed by atoms with Gasteiger partial charge in [-0.15, -0.1) is 0 Å². The lowest BCUT2D eigenvalue weighted by molar-refractivity contribution is 0.400. The van der Waals surface area contributed by atoms with Gasteiger partial charge in [0.2, 0.25) is 0 Å². The highest BCUT2D eigenvalue weighted by atomic mass is 32.2. The zero-order chi connectivity index (χ0) is 14.6. The summed E-state index contributed by atoms with van der Waals surface area (Å²) in [6.07, 6.45) is 3.42. The lowest BCUT2D eigenvalue weighted by Crippen LogP contribution is -2.42. The number of phenols is 1. The van der Waals surface area contributed by atoms with Gasteiger partial charge in [-0.1, -0.05) is 12.1 Å². The van der Waals surface area contributed by atoms with Crippen LogP contribution in [-0.4, -0.2) is 37.1 Å². The molecule has 112 valence electrons. The van der Waals surface area contributed by atoms with Gasteiger partial charge < -0.3 is 10.4 Å². The molecule has 2 rings (SSSR count). The van der Waals surface area contributed by atoms with E-state index in [0.717, 1.165) is 25.7 Å². The average Bonchev–Trinajstić information content (AvgIpc) is 2.41. The molecule has 0 aliphatic carbocycles. The van der Waals surface area contributed by atoms with Crippen molar-refractivity contribution in [2.45, 2.75) is 44.7 Å². The number of rotatable bonds is 5. The van der Waals surface area contributed by atoms with Crippen molar-refractivity contribution in [3.8, 4) is 5.75 Å². The second-order valence-corrected chi connectivity index (χ2v) is 8.00. The fraction of sp³-hybridized carbons (Fsp3) is 0.600. The van der Waals surface area contributed by atoms with E-state index in [1.165, 1.54) is 5.56 Å². The Balaban J connectivity index is 1.73. The molecule has 0 radical (unpaired) electrons. The topological polar surface area (TPSA) is 66.4 Å². The highest BCUT2D eigenvalue weighted by molar-refractivity contribution is 7.91. The molecule has 4 nitrogen and oxygen atoms in total. The van der Waals surface area contributed by atoms with E-state index in [9.17, 15) is 13.5 Å². The molecule has 2 N–H and O–H groups in total. The summed E-state index contributed by atoms with van der Waals surface area (Å²) in [5.74, 6) is 0.924. The van der Waals surface area contributed by atoms with E-state index in [2.05, 4.69) is 12.2 Å². The Labute approximate surface area is 121 Å². The molecule has 1 fully saturated rings. The van der Waals surface area contributed by atoms with Crippen molar-refractivity contribution in [3.63, 3.8) is 0 Å². The zero-order valence-corrected chi connectivity index (χ0v) is 12.7. The van der Waals surface area contributed by atoms with Crippen molar-refractivity contribution in [2.24, 2.45) is 0 Å². The second kappa shape index (κ2) is 6.59. The van der Waals surface area contributed by atoms with Gasteiger partial charge in [-0.05, 0) is 50.3 Å². The molecular formula is C15H23NO3S. The molecule has 1 unspecified atom stereocenters. The summed E-state index contributed by atoms with van der Waals surface area (Å²) in [5.41, 5.74) is 1.21. The number of nitrogens with one attached hydrogen (secondary N) is 1. The largest absolute Gasteiger partial charge is 0.508 e. The van der Waals surface area contributed by atoms with E-state index in [1.54, 1.807) is 12.1 Å². The van der Waals surface area contributed by atoms with Crippen molar-refractivity contribution >= 4 is 9.84 Å². The second-order valence-electron chi connectivity index (χ2n) is 5.70. The van der Waals surface area contributed by atoms with Gasteiger partial charge >= 0.3 is 0 Å². The quantitative estimate of drug-likeness (QED) is 0.871. The molecule has 0 saturated carbocycles. The number of hydrogen-bond acceptors (Lipinski definition) is 4. The van der Waals surface area contributed by atoms with Gasteiger partial charge in [0.25, 0.3) is 0 Å². The van der Waals surface area contributed by atoms with E-state index in [1.807, 2.05) is 12.1 Å². The summed E-state index contributed by atoms with van der Waals surface area (Å²) in [6.45, 7) is 2.14. The minimum absolute atomic E-state index is 0.295. The van der Waals surface area contributed by atoms with Crippen molar-refractivity contribution in [1.82, 2.24) is 5.32 Å². The lowest BCUT2D eigenvalue weighted by Gasteiger charge is -2.26. The van der Waals surface area contributed by atoms with Crippen LogP contribution in [0.5, 0.6) is 5.75 Å². The molecule has 0 amide bonds. The number of aromatic hydroxyl groups is 1. The maximum absolute atomic E-state index is 11.4. The molecule has 1 aliphatic heterocycles. The van der Waals surface area contributed by atoms with Gasteiger partial charge in [0.1, 0.15) is 15.6 Å². The minimum atomic E-state index is -2.77. The summed E-state index contributed by atoms with van der Waals surface area (Å²) in [6, 6.07) is 7.99. The number of hydrogen-bond donors (Lipinski definition) is 2. The summed E-state index contributed by atoms with van der Waals surface area (Å²) < 4.78 is 22.7. The van der Waals surface area contributed by atoms with Crippen LogP contribution in [0.2, 0.25) is 0 Å². The van der Waals surface area contributed by atoms with Crippen LogP contribution in [0.1, 0.15) is 31.7 Å². The number of phenolic OH excluding ortho intramolecular Hbond substituents is 1. The molecule has 1 heterocycles. The fourth-order valence-corrected chi connectivity index (χ4v) is 4.08. The van der Waals surface area contributed by atoms with E-state index in [0.29, 0.717) is 29.3 Å². The smallest absolute Gasteiger partial charge is 0.150 e. The van der Waals surface area contributed by atoms with Gasteiger partial charge in [0.15, 0.2) is 0 Å². The molecule has 0 bridgehead atoms. The highest BCUT2D eigenvalue weighted by Crippen LogP contribution is 2.15. The maximum atomic E-state index is 11.4.